The maximum Gasteiger partial charge on any atom is 0.265 e. The molecule has 2 amide bonds. The van der Waals surface area contributed by atoms with Crippen molar-refractivity contribution in [2.24, 2.45) is 7.05 Å². The molecule has 1 aromatic carbocycles. The maximum absolute atomic E-state index is 12.7. The number of carbonyl (C=O) groups excluding carboxylic acids is 2. The van der Waals surface area contributed by atoms with Crippen LogP contribution in [0.25, 0.3) is 10.2 Å². The monoisotopic (exact) mass is 470 g/mol. The number of amides is 2. The molecule has 0 bridgehead atoms. The second-order valence-electron chi connectivity index (χ2n) is 7.72. The lowest BCUT2D eigenvalue weighted by Crippen LogP contribution is -2.25. The van der Waals surface area contributed by atoms with Gasteiger partial charge in [-0.05, 0) is 58.0 Å². The largest absolute Gasteiger partial charge is 0.323 e. The minimum absolute atomic E-state index is 0.225. The molecule has 0 aliphatic carbocycles. The minimum atomic E-state index is -0.495. The molecule has 0 saturated carbocycles. The van der Waals surface area contributed by atoms with Crippen LogP contribution in [0.4, 0.5) is 11.4 Å². The zero-order chi connectivity index (χ0) is 23.2. The van der Waals surface area contributed by atoms with E-state index in [4.69, 9.17) is 11.6 Å². The van der Waals surface area contributed by atoms with E-state index in [-0.39, 0.29) is 11.8 Å². The Kier molecular flexibility index (Phi) is 5.79. The third kappa shape index (κ3) is 4.13. The molecule has 3 heterocycles. The molecular formula is C22H23ClN6O2S. The van der Waals surface area contributed by atoms with Gasteiger partial charge in [0.15, 0.2) is 0 Å². The van der Waals surface area contributed by atoms with Crippen LogP contribution in [0, 0.1) is 20.8 Å². The topological polar surface area (TPSA) is 93.8 Å². The first-order chi connectivity index (χ1) is 15.1. The minimum Gasteiger partial charge on any atom is -0.323 e. The molecule has 10 heteroatoms. The summed E-state index contributed by atoms with van der Waals surface area (Å²) in [5, 5.41) is 15.7. The summed E-state index contributed by atoms with van der Waals surface area (Å²) in [6, 6.07) is 8.25. The highest BCUT2D eigenvalue weighted by molar-refractivity contribution is 7.20. The van der Waals surface area contributed by atoms with E-state index in [0.29, 0.717) is 21.3 Å². The fraction of sp³-hybridized carbons (Fsp3) is 0.273. The first-order valence-electron chi connectivity index (χ1n) is 10.0. The van der Waals surface area contributed by atoms with Gasteiger partial charge in [-0.3, -0.25) is 19.0 Å². The zero-order valence-electron chi connectivity index (χ0n) is 18.4. The third-order valence-electron chi connectivity index (χ3n) is 5.20. The van der Waals surface area contributed by atoms with Crippen LogP contribution in [-0.2, 0) is 11.8 Å². The number of benzene rings is 1. The predicted molar refractivity (Wildman–Crippen MR) is 128 cm³/mol. The SMILES string of the molecule is Cc1cc(C)n(C(C)C(=O)Nc2ccc(NC(=O)c3cc4c(C)nn(C)c4s3)cc2Cl)n1. The summed E-state index contributed by atoms with van der Waals surface area (Å²) in [6.07, 6.45) is 0. The Morgan fingerprint density at radius 3 is 2.47 bits per heavy atom. The van der Waals surface area contributed by atoms with Crippen LogP contribution in [0.15, 0.2) is 30.3 Å². The Bertz CT molecular complexity index is 1320. The van der Waals surface area contributed by atoms with E-state index in [2.05, 4.69) is 20.8 Å². The van der Waals surface area contributed by atoms with Gasteiger partial charge in [0, 0.05) is 23.8 Å². The fourth-order valence-electron chi connectivity index (χ4n) is 3.59. The van der Waals surface area contributed by atoms with Crippen molar-refractivity contribution in [3.05, 3.63) is 57.3 Å². The number of nitrogens with zero attached hydrogens (tertiary/aromatic N) is 4. The van der Waals surface area contributed by atoms with Gasteiger partial charge < -0.3 is 10.6 Å². The molecule has 1 atom stereocenters. The van der Waals surface area contributed by atoms with Gasteiger partial charge in [-0.1, -0.05) is 11.6 Å². The molecule has 2 N–H and O–H groups in total. The van der Waals surface area contributed by atoms with E-state index in [0.717, 1.165) is 27.3 Å². The lowest BCUT2D eigenvalue weighted by atomic mass is 10.2. The summed E-state index contributed by atoms with van der Waals surface area (Å²) in [5.41, 5.74) is 3.64. The maximum atomic E-state index is 12.7. The van der Waals surface area contributed by atoms with Crippen molar-refractivity contribution in [3.8, 4) is 0 Å². The average Bonchev–Trinajstić information content (AvgIpc) is 3.39. The Hall–Kier alpha value is -3.17. The lowest BCUT2D eigenvalue weighted by molar-refractivity contribution is -0.119. The molecular weight excluding hydrogens is 448 g/mol. The molecule has 8 nitrogen and oxygen atoms in total. The van der Waals surface area contributed by atoms with Gasteiger partial charge in [-0.25, -0.2) is 0 Å². The molecule has 0 radical (unpaired) electrons. The van der Waals surface area contributed by atoms with Crippen molar-refractivity contribution < 1.29 is 9.59 Å². The van der Waals surface area contributed by atoms with Crippen molar-refractivity contribution in [1.29, 1.82) is 0 Å². The highest BCUT2D eigenvalue weighted by Gasteiger charge is 2.20. The number of aryl methyl sites for hydroxylation is 4. The Labute approximate surface area is 194 Å². The molecule has 166 valence electrons. The number of hydrogen-bond donors (Lipinski definition) is 2. The summed E-state index contributed by atoms with van der Waals surface area (Å²) in [7, 11) is 1.86. The number of carbonyl (C=O) groups is 2. The summed E-state index contributed by atoms with van der Waals surface area (Å²) < 4.78 is 3.45. The van der Waals surface area contributed by atoms with Crippen LogP contribution < -0.4 is 10.6 Å². The van der Waals surface area contributed by atoms with Crippen LogP contribution >= 0.6 is 22.9 Å². The second kappa shape index (κ2) is 8.40. The number of anilines is 2. The van der Waals surface area contributed by atoms with Gasteiger partial charge in [0.2, 0.25) is 5.91 Å². The molecule has 0 aliphatic heterocycles. The van der Waals surface area contributed by atoms with Gasteiger partial charge >= 0.3 is 0 Å². The number of nitrogens with one attached hydrogen (secondary N) is 2. The molecule has 0 spiro atoms. The number of fused-ring (bicyclic) bond motifs is 1. The molecule has 3 aromatic heterocycles. The Morgan fingerprint density at radius 1 is 1.09 bits per heavy atom. The summed E-state index contributed by atoms with van der Waals surface area (Å²) in [4.78, 5) is 26.9. The highest BCUT2D eigenvalue weighted by Crippen LogP contribution is 2.30. The number of hydrogen-bond acceptors (Lipinski definition) is 5. The van der Waals surface area contributed by atoms with Crippen LogP contribution in [0.5, 0.6) is 0 Å². The Morgan fingerprint density at radius 2 is 1.84 bits per heavy atom. The molecule has 0 aliphatic rings. The second-order valence-corrected chi connectivity index (χ2v) is 9.16. The normalized spacial score (nSPS) is 12.2. The zero-order valence-corrected chi connectivity index (χ0v) is 19.9. The van der Waals surface area contributed by atoms with Gasteiger partial charge in [0.1, 0.15) is 10.9 Å². The van der Waals surface area contributed by atoms with Crippen molar-refractivity contribution in [2.75, 3.05) is 10.6 Å². The number of aromatic nitrogens is 4. The van der Waals surface area contributed by atoms with E-state index in [1.165, 1.54) is 11.3 Å². The van der Waals surface area contributed by atoms with E-state index in [1.54, 1.807) is 34.5 Å². The van der Waals surface area contributed by atoms with Crippen molar-refractivity contribution >= 4 is 56.3 Å². The van der Waals surface area contributed by atoms with E-state index in [1.807, 2.05) is 40.0 Å². The number of thiophene rings is 1. The van der Waals surface area contributed by atoms with Gasteiger partial charge in [-0.15, -0.1) is 11.3 Å². The summed E-state index contributed by atoms with van der Waals surface area (Å²) >= 11 is 7.76. The summed E-state index contributed by atoms with van der Waals surface area (Å²) in [5.74, 6) is -0.458. The van der Waals surface area contributed by atoms with Crippen LogP contribution in [-0.4, -0.2) is 31.4 Å². The van der Waals surface area contributed by atoms with Gasteiger partial charge in [0.25, 0.3) is 5.91 Å². The highest BCUT2D eigenvalue weighted by atomic mass is 35.5. The predicted octanol–water partition coefficient (Wildman–Crippen LogP) is 4.86. The quantitative estimate of drug-likeness (QED) is 0.435. The molecule has 0 fully saturated rings. The van der Waals surface area contributed by atoms with Crippen molar-refractivity contribution in [3.63, 3.8) is 0 Å². The first-order valence-corrected chi connectivity index (χ1v) is 11.2. The first kappa shape index (κ1) is 22.0. The number of rotatable bonds is 5. The van der Waals surface area contributed by atoms with Crippen LogP contribution in [0.2, 0.25) is 5.02 Å². The van der Waals surface area contributed by atoms with E-state index < -0.39 is 6.04 Å². The van der Waals surface area contributed by atoms with E-state index >= 15 is 0 Å². The Balaban J connectivity index is 1.46. The van der Waals surface area contributed by atoms with Crippen LogP contribution in [0.3, 0.4) is 0 Å². The van der Waals surface area contributed by atoms with Crippen LogP contribution in [0.1, 0.15) is 39.7 Å². The molecule has 0 saturated heterocycles. The van der Waals surface area contributed by atoms with Gasteiger partial charge in [0.05, 0.1) is 27.0 Å². The molecule has 32 heavy (non-hydrogen) atoms. The molecule has 4 rings (SSSR count). The fourth-order valence-corrected chi connectivity index (χ4v) is 4.84. The van der Waals surface area contributed by atoms with Crippen molar-refractivity contribution in [2.45, 2.75) is 33.7 Å². The average molecular weight is 471 g/mol. The molecule has 4 aromatic rings. The number of halogens is 1. The van der Waals surface area contributed by atoms with E-state index in [9.17, 15) is 9.59 Å². The lowest BCUT2D eigenvalue weighted by Gasteiger charge is -2.15. The summed E-state index contributed by atoms with van der Waals surface area (Å²) in [6.45, 7) is 7.48. The standard InChI is InChI=1S/C22H23ClN6O2S/c1-11-8-12(2)29(26-11)14(4)20(30)25-18-7-6-15(9-17(18)23)24-21(31)19-10-16-13(3)27-28(5)22(16)32-19/h6-10,14H,1-5H3,(H,24,31)(H,25,30). The molecule has 1 unspecified atom stereocenters. The van der Waals surface area contributed by atoms with Crippen molar-refractivity contribution in [1.82, 2.24) is 19.6 Å². The third-order valence-corrected chi connectivity index (χ3v) is 6.71. The smallest absolute Gasteiger partial charge is 0.265 e. The van der Waals surface area contributed by atoms with Gasteiger partial charge in [-0.2, -0.15) is 10.2 Å².